The molecule has 0 spiro atoms. The number of aliphatic imine (C=N–C) groups is 1. The highest BCUT2D eigenvalue weighted by Crippen LogP contribution is 2.28. The zero-order chi connectivity index (χ0) is 41.1. The van der Waals surface area contributed by atoms with E-state index in [2.05, 4.69) is 41.9 Å². The molecule has 0 radical (unpaired) electrons. The number of carbonyl (C=O) groups excluding carboxylic acids is 5. The fourth-order valence-electron chi connectivity index (χ4n) is 5.84. The number of aliphatic hydroxyl groups is 4. The van der Waals surface area contributed by atoms with Gasteiger partial charge in [0.1, 0.15) is 54.3 Å². The second kappa shape index (κ2) is 19.6. The van der Waals surface area contributed by atoms with Crippen LogP contribution < -0.4 is 38.1 Å². The van der Waals surface area contributed by atoms with Crippen molar-refractivity contribution in [2.75, 3.05) is 19.7 Å². The summed E-state index contributed by atoms with van der Waals surface area (Å²) >= 11 is 0. The lowest BCUT2D eigenvalue weighted by Gasteiger charge is -2.39. The molecule has 9 atom stereocenters. The van der Waals surface area contributed by atoms with Crippen LogP contribution >= 0.6 is 0 Å². The summed E-state index contributed by atoms with van der Waals surface area (Å²) in [5.74, 6) is -6.62. The number of aromatic hydroxyl groups is 1. The molecule has 2 aliphatic rings. The normalized spacial score (nSPS) is 28.0. The van der Waals surface area contributed by atoms with Crippen LogP contribution in [0.2, 0.25) is 0 Å². The van der Waals surface area contributed by atoms with Gasteiger partial charge in [0, 0.05) is 19.4 Å². The van der Waals surface area contributed by atoms with Crippen molar-refractivity contribution in [2.45, 2.75) is 86.9 Å². The molecule has 56 heavy (non-hydrogen) atoms. The number of carboxylic acids is 1. The van der Waals surface area contributed by atoms with Crippen LogP contribution in [-0.4, -0.2) is 155 Å². The van der Waals surface area contributed by atoms with Gasteiger partial charge in [0.15, 0.2) is 12.2 Å². The fourth-order valence-corrected chi connectivity index (χ4v) is 5.84. The Hall–Kier alpha value is -5.95. The second-order valence-electron chi connectivity index (χ2n) is 13.1. The van der Waals surface area contributed by atoms with E-state index < -0.39 is 116 Å². The zero-order valence-electron chi connectivity index (χ0n) is 29.7. The van der Waals surface area contributed by atoms with E-state index in [1.54, 1.807) is 0 Å². The maximum Gasteiger partial charge on any atom is 0.305 e. The number of ether oxygens (including phenoxy) is 1. The SMILES string of the molecule is NC(N)=NCCC[C@@H]1NC(=O)[C@H](Cc2cn([C@@H]3O[C@H](CO)[C@@H](O)[C@H](O)[C@H]3O)nn2)NC(=O)[C@@H](Cc2ccc(O)cc2)NC(=O)[C@H](CC(=O)O)NC(=O)CNC1=O. The number of hydrogen-bond donors (Lipinski definition) is 13. The van der Waals surface area contributed by atoms with Gasteiger partial charge in [-0.05, 0) is 30.5 Å². The highest BCUT2D eigenvalue weighted by atomic mass is 16.6. The lowest BCUT2D eigenvalue weighted by molar-refractivity contribution is -0.254. The number of guanidine groups is 1. The van der Waals surface area contributed by atoms with Gasteiger partial charge in [-0.2, -0.15) is 0 Å². The van der Waals surface area contributed by atoms with Crippen LogP contribution in [0.3, 0.4) is 0 Å². The molecule has 5 amide bonds. The first-order valence-electron chi connectivity index (χ1n) is 17.3. The number of carboxylic acid groups (broad SMARTS) is 1. The number of aliphatic hydroxyl groups excluding tert-OH is 4. The molecule has 24 heteroatoms. The Balaban J connectivity index is 1.71. The minimum Gasteiger partial charge on any atom is -0.508 e. The molecular formula is C32H45N11O13. The second-order valence-corrected chi connectivity index (χ2v) is 13.1. The molecule has 1 aromatic heterocycles. The Morgan fingerprint density at radius 1 is 0.857 bits per heavy atom. The molecule has 24 nitrogen and oxygen atoms in total. The number of carbonyl (C=O) groups is 6. The van der Waals surface area contributed by atoms with Crippen LogP contribution in [0, 0.1) is 0 Å². The first-order valence-corrected chi connectivity index (χ1v) is 17.3. The molecule has 1 aromatic carbocycles. The van der Waals surface area contributed by atoms with Crippen LogP contribution in [0.15, 0.2) is 35.5 Å². The van der Waals surface area contributed by atoms with E-state index in [4.69, 9.17) is 16.2 Å². The predicted octanol–water partition coefficient (Wildman–Crippen LogP) is -6.66. The molecule has 0 unspecified atom stereocenters. The standard InChI is InChI=1S/C32H45N11O13/c33-32(34)35-7-1-2-17-27(52)36-11-22(46)37-20(10-23(47)48)30(55)39-18(8-14-3-5-16(45)6-4-14)28(53)40-19(29(54)38-17)9-15-12-43(42-41-15)31-26(51)25(50)24(49)21(13-44)56-31/h3-6,12,17-21,24-26,31,44-45,49-51H,1-2,7-11,13H2,(H,36,52)(H,37,46)(H,38,54)(H,39,55)(H,40,53)(H,47,48)(H4,33,34,35)/t17-,18+,19-,20-,21+,24+,25-,26+,31+/m0/s1. The summed E-state index contributed by atoms with van der Waals surface area (Å²) in [6.45, 7) is -1.41. The van der Waals surface area contributed by atoms with E-state index in [1.807, 2.05) is 0 Å². The molecule has 306 valence electrons. The number of phenolic OH excluding ortho intramolecular Hbond substituents is 1. The third-order valence-corrected chi connectivity index (χ3v) is 8.77. The van der Waals surface area contributed by atoms with E-state index in [-0.39, 0.29) is 43.2 Å². The Kier molecular flexibility index (Phi) is 15.0. The highest BCUT2D eigenvalue weighted by molar-refractivity contribution is 5.98. The van der Waals surface area contributed by atoms with E-state index >= 15 is 0 Å². The number of aliphatic carboxylic acids is 1. The topological polar surface area (TPSA) is 388 Å². The van der Waals surface area contributed by atoms with Gasteiger partial charge in [-0.1, -0.05) is 17.3 Å². The monoisotopic (exact) mass is 791 g/mol. The van der Waals surface area contributed by atoms with Crippen molar-refractivity contribution >= 4 is 41.5 Å². The smallest absolute Gasteiger partial charge is 0.305 e. The van der Waals surface area contributed by atoms with E-state index in [0.717, 1.165) is 4.68 Å². The molecule has 2 aliphatic heterocycles. The van der Waals surface area contributed by atoms with Crippen molar-refractivity contribution in [3.05, 3.63) is 41.7 Å². The minimum atomic E-state index is -1.75. The van der Waals surface area contributed by atoms with Gasteiger partial charge < -0.3 is 73.4 Å². The molecule has 4 rings (SSSR count). The van der Waals surface area contributed by atoms with Gasteiger partial charge in [0.2, 0.25) is 29.5 Å². The first-order chi connectivity index (χ1) is 26.6. The molecule has 2 fully saturated rings. The average molecular weight is 792 g/mol. The van der Waals surface area contributed by atoms with Gasteiger partial charge in [-0.3, -0.25) is 33.8 Å². The van der Waals surface area contributed by atoms with Crippen LogP contribution in [0.25, 0.3) is 0 Å². The number of benzene rings is 1. The third-order valence-electron chi connectivity index (χ3n) is 8.77. The molecular weight excluding hydrogens is 746 g/mol. The number of aromatic nitrogens is 3. The van der Waals surface area contributed by atoms with Gasteiger partial charge in [-0.25, -0.2) is 4.68 Å². The molecule has 2 saturated heterocycles. The van der Waals surface area contributed by atoms with Crippen LogP contribution in [0.5, 0.6) is 5.75 Å². The largest absolute Gasteiger partial charge is 0.508 e. The van der Waals surface area contributed by atoms with Crippen molar-refractivity contribution in [1.29, 1.82) is 0 Å². The summed E-state index contributed by atoms with van der Waals surface area (Å²) in [6.07, 6.45) is -8.20. The van der Waals surface area contributed by atoms with Gasteiger partial charge >= 0.3 is 5.97 Å². The summed E-state index contributed by atoms with van der Waals surface area (Å²) in [5.41, 5.74) is 11.2. The van der Waals surface area contributed by atoms with Crippen molar-refractivity contribution in [3.8, 4) is 5.75 Å². The quantitative estimate of drug-likeness (QED) is 0.0540. The first kappa shape index (κ1) is 42.8. The van der Waals surface area contributed by atoms with Gasteiger partial charge in [0.05, 0.1) is 31.5 Å². The molecule has 3 heterocycles. The number of phenols is 1. The van der Waals surface area contributed by atoms with Crippen LogP contribution in [0.1, 0.15) is 36.7 Å². The summed E-state index contributed by atoms with van der Waals surface area (Å²) in [5, 5.41) is 79.7. The number of amides is 5. The van der Waals surface area contributed by atoms with Crippen molar-refractivity contribution < 1.29 is 64.1 Å². The third kappa shape index (κ3) is 11.8. The fraction of sp³-hybridized carbons (Fsp3) is 0.531. The summed E-state index contributed by atoms with van der Waals surface area (Å²) in [6, 6.07) is -0.598. The molecule has 2 aromatic rings. The number of rotatable bonds is 12. The van der Waals surface area contributed by atoms with E-state index in [0.29, 0.717) is 5.56 Å². The maximum absolute atomic E-state index is 14.0. The summed E-state index contributed by atoms with van der Waals surface area (Å²) < 4.78 is 6.47. The highest BCUT2D eigenvalue weighted by Gasteiger charge is 2.45. The lowest BCUT2D eigenvalue weighted by atomic mass is 9.98. The molecule has 15 N–H and O–H groups in total. The summed E-state index contributed by atoms with van der Waals surface area (Å²) in [7, 11) is 0. The minimum absolute atomic E-state index is 0.00970. The number of hydrogen-bond acceptors (Lipinski definition) is 15. The summed E-state index contributed by atoms with van der Waals surface area (Å²) in [4.78, 5) is 83.1. The zero-order valence-corrected chi connectivity index (χ0v) is 29.7. The van der Waals surface area contributed by atoms with Crippen LogP contribution in [-0.2, 0) is 46.3 Å². The van der Waals surface area contributed by atoms with Crippen LogP contribution in [0.4, 0.5) is 0 Å². The Labute approximate surface area is 317 Å². The Morgan fingerprint density at radius 3 is 2.11 bits per heavy atom. The van der Waals surface area contributed by atoms with Gasteiger partial charge in [-0.15, -0.1) is 5.10 Å². The molecule has 0 aliphatic carbocycles. The number of nitrogens with two attached hydrogens (primary N) is 2. The maximum atomic E-state index is 14.0. The Morgan fingerprint density at radius 2 is 1.48 bits per heavy atom. The molecule has 0 bridgehead atoms. The Bertz CT molecular complexity index is 1750. The molecule has 0 saturated carbocycles. The average Bonchev–Trinajstić information content (AvgIpc) is 3.61. The van der Waals surface area contributed by atoms with Crippen molar-refractivity contribution in [2.24, 2.45) is 16.5 Å². The number of nitrogens with zero attached hydrogens (tertiary/aromatic N) is 4. The number of nitrogens with one attached hydrogen (secondary N) is 5. The predicted molar refractivity (Wildman–Crippen MR) is 187 cm³/mol. The van der Waals surface area contributed by atoms with Crippen molar-refractivity contribution in [1.82, 2.24) is 41.6 Å². The van der Waals surface area contributed by atoms with E-state index in [1.165, 1.54) is 30.5 Å². The van der Waals surface area contributed by atoms with Gasteiger partial charge in [0.25, 0.3) is 0 Å². The lowest BCUT2D eigenvalue weighted by Crippen LogP contribution is -2.58. The van der Waals surface area contributed by atoms with E-state index in [9.17, 15) is 59.4 Å². The van der Waals surface area contributed by atoms with Crippen molar-refractivity contribution in [3.63, 3.8) is 0 Å².